The Hall–Kier alpha value is -3.47. The molecule has 0 bridgehead atoms. The van der Waals surface area contributed by atoms with Crippen LogP contribution in [0, 0.1) is 0 Å². The van der Waals surface area contributed by atoms with Crippen molar-refractivity contribution in [3.05, 3.63) is 47.8 Å². The molecular weight excluding hydrogens is 365 g/mol. The standard InChI is InChI=1S/C16H13F3N6O2/c17-16(18,19)12-6-10(1-2-21-12)22-15-24-13(23-14(20)25-15)9-3-8(7-26)4-11(27)5-9/h1-6,26-27H,7H2,(H3,20,21,22,23,24,25). The van der Waals surface area contributed by atoms with Gasteiger partial charge in [-0.3, -0.25) is 4.98 Å². The number of benzene rings is 1. The summed E-state index contributed by atoms with van der Waals surface area (Å²) in [6.07, 6.45) is -3.59. The van der Waals surface area contributed by atoms with Crippen LogP contribution in [0.1, 0.15) is 11.3 Å². The molecule has 11 heteroatoms. The van der Waals surface area contributed by atoms with Crippen LogP contribution >= 0.6 is 0 Å². The van der Waals surface area contributed by atoms with Gasteiger partial charge in [-0.05, 0) is 35.9 Å². The third-order valence-corrected chi connectivity index (χ3v) is 3.38. The number of aliphatic hydroxyl groups is 1. The van der Waals surface area contributed by atoms with Gasteiger partial charge >= 0.3 is 6.18 Å². The van der Waals surface area contributed by atoms with Crippen LogP contribution in [-0.4, -0.2) is 30.1 Å². The van der Waals surface area contributed by atoms with Crippen molar-refractivity contribution in [1.82, 2.24) is 19.9 Å². The van der Waals surface area contributed by atoms with Crippen molar-refractivity contribution < 1.29 is 23.4 Å². The number of aromatic nitrogens is 4. The average Bonchev–Trinajstić information content (AvgIpc) is 2.60. The first-order valence-corrected chi connectivity index (χ1v) is 7.50. The molecule has 0 saturated carbocycles. The summed E-state index contributed by atoms with van der Waals surface area (Å²) >= 11 is 0. The second-order valence-corrected chi connectivity index (χ2v) is 5.44. The molecule has 0 atom stereocenters. The number of nitrogens with two attached hydrogens (primary N) is 1. The van der Waals surface area contributed by atoms with Crippen LogP contribution in [0.15, 0.2) is 36.5 Å². The normalized spacial score (nSPS) is 11.4. The van der Waals surface area contributed by atoms with Crippen molar-refractivity contribution in [2.24, 2.45) is 0 Å². The SMILES string of the molecule is Nc1nc(Nc2ccnc(C(F)(F)F)c2)nc(-c2cc(O)cc(CO)c2)n1. The number of rotatable bonds is 4. The molecule has 0 spiro atoms. The molecule has 3 aromatic rings. The lowest BCUT2D eigenvalue weighted by molar-refractivity contribution is -0.141. The summed E-state index contributed by atoms with van der Waals surface area (Å²) in [5.41, 5.74) is 5.40. The fraction of sp³-hybridized carbons (Fsp3) is 0.125. The van der Waals surface area contributed by atoms with Gasteiger partial charge < -0.3 is 21.3 Å². The van der Waals surface area contributed by atoms with E-state index in [1.165, 1.54) is 24.3 Å². The Labute approximate surface area is 150 Å². The van der Waals surface area contributed by atoms with E-state index in [2.05, 4.69) is 25.3 Å². The van der Waals surface area contributed by atoms with Crippen LogP contribution in [0.5, 0.6) is 5.75 Å². The number of nitrogen functional groups attached to an aromatic ring is 1. The minimum absolute atomic E-state index is 0.0563. The monoisotopic (exact) mass is 378 g/mol. The number of hydrogen-bond acceptors (Lipinski definition) is 8. The first-order chi connectivity index (χ1) is 12.7. The summed E-state index contributed by atoms with van der Waals surface area (Å²) in [6, 6.07) is 6.37. The number of pyridine rings is 1. The Morgan fingerprint density at radius 2 is 1.85 bits per heavy atom. The van der Waals surface area contributed by atoms with Crippen molar-refractivity contribution in [1.29, 1.82) is 0 Å². The van der Waals surface area contributed by atoms with E-state index in [0.717, 1.165) is 12.3 Å². The van der Waals surface area contributed by atoms with E-state index in [0.29, 0.717) is 11.1 Å². The van der Waals surface area contributed by atoms with Crippen LogP contribution in [0.4, 0.5) is 30.8 Å². The fourth-order valence-corrected chi connectivity index (χ4v) is 2.26. The Bertz CT molecular complexity index is 981. The summed E-state index contributed by atoms with van der Waals surface area (Å²) < 4.78 is 38.3. The molecule has 0 aliphatic heterocycles. The summed E-state index contributed by atoms with van der Waals surface area (Å²) in [5.74, 6) is -0.318. The van der Waals surface area contributed by atoms with E-state index >= 15 is 0 Å². The van der Waals surface area contributed by atoms with Gasteiger partial charge in [-0.1, -0.05) is 0 Å². The van der Waals surface area contributed by atoms with Gasteiger partial charge in [0.15, 0.2) is 5.82 Å². The first-order valence-electron chi connectivity index (χ1n) is 7.50. The molecule has 2 heterocycles. The zero-order valence-electron chi connectivity index (χ0n) is 13.6. The highest BCUT2D eigenvalue weighted by molar-refractivity contribution is 5.63. The molecule has 3 rings (SSSR count). The van der Waals surface area contributed by atoms with E-state index < -0.39 is 11.9 Å². The van der Waals surface area contributed by atoms with Gasteiger partial charge in [0.25, 0.3) is 0 Å². The number of aliphatic hydroxyl groups excluding tert-OH is 1. The van der Waals surface area contributed by atoms with Gasteiger partial charge in [-0.25, -0.2) is 0 Å². The minimum Gasteiger partial charge on any atom is -0.508 e. The maximum atomic E-state index is 12.8. The predicted molar refractivity (Wildman–Crippen MR) is 89.8 cm³/mol. The van der Waals surface area contributed by atoms with Crippen molar-refractivity contribution in [2.75, 3.05) is 11.1 Å². The van der Waals surface area contributed by atoms with Crippen molar-refractivity contribution >= 4 is 17.6 Å². The molecule has 0 unspecified atom stereocenters. The topological polar surface area (TPSA) is 130 Å². The maximum absolute atomic E-state index is 12.8. The van der Waals surface area contributed by atoms with Gasteiger partial charge in [0, 0.05) is 17.4 Å². The molecular formula is C16H13F3N6O2. The highest BCUT2D eigenvalue weighted by atomic mass is 19.4. The van der Waals surface area contributed by atoms with Gasteiger partial charge in [-0.15, -0.1) is 0 Å². The molecule has 0 aliphatic rings. The Balaban J connectivity index is 1.96. The molecule has 0 amide bonds. The minimum atomic E-state index is -4.59. The van der Waals surface area contributed by atoms with E-state index in [-0.39, 0.29) is 35.8 Å². The Kier molecular flexibility index (Phi) is 4.77. The van der Waals surface area contributed by atoms with Crippen molar-refractivity contribution in [3.63, 3.8) is 0 Å². The van der Waals surface area contributed by atoms with Gasteiger partial charge in [-0.2, -0.15) is 28.1 Å². The van der Waals surface area contributed by atoms with Crippen LogP contribution < -0.4 is 11.1 Å². The van der Waals surface area contributed by atoms with E-state index in [1.54, 1.807) is 0 Å². The molecule has 27 heavy (non-hydrogen) atoms. The summed E-state index contributed by atoms with van der Waals surface area (Å²) in [7, 11) is 0. The number of aromatic hydroxyl groups is 1. The smallest absolute Gasteiger partial charge is 0.433 e. The highest BCUT2D eigenvalue weighted by Crippen LogP contribution is 2.30. The number of nitrogens with zero attached hydrogens (tertiary/aromatic N) is 4. The molecule has 2 aromatic heterocycles. The van der Waals surface area contributed by atoms with Gasteiger partial charge in [0.2, 0.25) is 11.9 Å². The molecule has 140 valence electrons. The maximum Gasteiger partial charge on any atom is 0.433 e. The molecule has 0 saturated heterocycles. The lowest BCUT2D eigenvalue weighted by Crippen LogP contribution is -2.09. The molecule has 0 aliphatic carbocycles. The van der Waals surface area contributed by atoms with Crippen molar-refractivity contribution in [3.8, 4) is 17.1 Å². The lowest BCUT2D eigenvalue weighted by Gasteiger charge is -2.10. The zero-order chi connectivity index (χ0) is 19.6. The highest BCUT2D eigenvalue weighted by Gasteiger charge is 2.32. The van der Waals surface area contributed by atoms with E-state index in [4.69, 9.17) is 5.73 Å². The number of halogens is 3. The molecule has 5 N–H and O–H groups in total. The molecule has 0 fully saturated rings. The number of phenols is 1. The van der Waals surface area contributed by atoms with Crippen LogP contribution in [0.25, 0.3) is 11.4 Å². The van der Waals surface area contributed by atoms with Gasteiger partial charge in [0.05, 0.1) is 6.61 Å². The third kappa shape index (κ3) is 4.39. The summed E-state index contributed by atoms with van der Waals surface area (Å²) in [5, 5.41) is 21.6. The van der Waals surface area contributed by atoms with E-state index in [1.807, 2.05) is 0 Å². The van der Waals surface area contributed by atoms with Gasteiger partial charge in [0.1, 0.15) is 11.4 Å². The van der Waals surface area contributed by atoms with Crippen LogP contribution in [0.2, 0.25) is 0 Å². The first kappa shape index (κ1) is 18.3. The average molecular weight is 378 g/mol. The van der Waals surface area contributed by atoms with Crippen LogP contribution in [0.3, 0.4) is 0 Å². The summed E-state index contributed by atoms with van der Waals surface area (Å²) in [6.45, 7) is -0.315. The van der Waals surface area contributed by atoms with E-state index in [9.17, 15) is 23.4 Å². The molecule has 0 radical (unpaired) electrons. The Morgan fingerprint density at radius 3 is 2.56 bits per heavy atom. The predicted octanol–water partition coefficient (Wildman–Crippen LogP) is 2.48. The zero-order valence-corrected chi connectivity index (χ0v) is 13.6. The number of nitrogens with one attached hydrogen (secondary N) is 1. The molecule has 8 nitrogen and oxygen atoms in total. The largest absolute Gasteiger partial charge is 0.508 e. The fourth-order valence-electron chi connectivity index (χ4n) is 2.26. The lowest BCUT2D eigenvalue weighted by atomic mass is 10.1. The molecule has 1 aromatic carbocycles. The number of alkyl halides is 3. The number of phenolic OH excluding ortho intramolecular Hbond substituents is 1. The Morgan fingerprint density at radius 1 is 1.07 bits per heavy atom. The second-order valence-electron chi connectivity index (χ2n) is 5.44. The number of hydrogen-bond donors (Lipinski definition) is 4. The van der Waals surface area contributed by atoms with Crippen molar-refractivity contribution in [2.45, 2.75) is 12.8 Å². The summed E-state index contributed by atoms with van der Waals surface area (Å²) in [4.78, 5) is 15.2. The second kappa shape index (κ2) is 7.03. The number of anilines is 3. The quantitative estimate of drug-likeness (QED) is 0.545. The third-order valence-electron chi connectivity index (χ3n) is 3.38. The van der Waals surface area contributed by atoms with Crippen LogP contribution in [-0.2, 0) is 12.8 Å².